The Hall–Kier alpha value is -1.07. The van der Waals surface area contributed by atoms with E-state index >= 15 is 0 Å². The summed E-state index contributed by atoms with van der Waals surface area (Å²) in [6.07, 6.45) is 0. The zero-order valence-electron chi connectivity index (χ0n) is 8.98. The standard InChI is InChI=1S/C11H11BrN2OS/c1-14(11-13-10(12)7-16-11)8-3-5-9(15-2)6-4-8/h3-7H,1-2H3. The zero-order chi connectivity index (χ0) is 11.5. The Balaban J connectivity index is 2.23. The van der Waals surface area contributed by atoms with E-state index in [1.165, 1.54) is 0 Å². The van der Waals surface area contributed by atoms with Crippen molar-refractivity contribution >= 4 is 38.1 Å². The molecule has 16 heavy (non-hydrogen) atoms. The molecule has 0 bridgehead atoms. The van der Waals surface area contributed by atoms with Gasteiger partial charge in [0.05, 0.1) is 7.11 Å². The van der Waals surface area contributed by atoms with Crippen molar-refractivity contribution in [1.82, 2.24) is 4.98 Å². The number of rotatable bonds is 3. The number of nitrogens with zero attached hydrogens (tertiary/aromatic N) is 2. The van der Waals surface area contributed by atoms with Crippen LogP contribution in [0.2, 0.25) is 0 Å². The number of ether oxygens (including phenoxy) is 1. The summed E-state index contributed by atoms with van der Waals surface area (Å²) in [6.45, 7) is 0. The van der Waals surface area contributed by atoms with Gasteiger partial charge < -0.3 is 9.64 Å². The summed E-state index contributed by atoms with van der Waals surface area (Å²) < 4.78 is 5.99. The molecule has 0 fully saturated rings. The first-order chi connectivity index (χ1) is 7.70. The maximum absolute atomic E-state index is 5.12. The van der Waals surface area contributed by atoms with Gasteiger partial charge in [-0.1, -0.05) is 0 Å². The molecule has 0 spiro atoms. The molecular weight excluding hydrogens is 288 g/mol. The van der Waals surface area contributed by atoms with Crippen molar-refractivity contribution in [2.45, 2.75) is 0 Å². The highest BCUT2D eigenvalue weighted by molar-refractivity contribution is 9.10. The van der Waals surface area contributed by atoms with E-state index in [1.54, 1.807) is 18.4 Å². The predicted molar refractivity (Wildman–Crippen MR) is 70.9 cm³/mol. The molecule has 0 saturated carbocycles. The molecule has 1 aromatic carbocycles. The van der Waals surface area contributed by atoms with Crippen molar-refractivity contribution in [2.75, 3.05) is 19.1 Å². The number of hydrogen-bond acceptors (Lipinski definition) is 4. The van der Waals surface area contributed by atoms with E-state index in [9.17, 15) is 0 Å². The first-order valence-electron chi connectivity index (χ1n) is 4.69. The number of thiazole rings is 1. The van der Waals surface area contributed by atoms with Crippen LogP contribution in [0.15, 0.2) is 34.2 Å². The highest BCUT2D eigenvalue weighted by Gasteiger charge is 2.07. The van der Waals surface area contributed by atoms with E-state index < -0.39 is 0 Å². The van der Waals surface area contributed by atoms with Gasteiger partial charge in [0, 0.05) is 18.1 Å². The highest BCUT2D eigenvalue weighted by Crippen LogP contribution is 2.29. The Morgan fingerprint density at radius 3 is 2.50 bits per heavy atom. The molecule has 1 heterocycles. The molecule has 3 nitrogen and oxygen atoms in total. The first-order valence-corrected chi connectivity index (χ1v) is 6.37. The van der Waals surface area contributed by atoms with Crippen LogP contribution in [0.1, 0.15) is 0 Å². The quantitative estimate of drug-likeness (QED) is 0.864. The van der Waals surface area contributed by atoms with Crippen molar-refractivity contribution in [3.8, 4) is 5.75 Å². The molecule has 0 aliphatic carbocycles. The van der Waals surface area contributed by atoms with Crippen LogP contribution in [-0.2, 0) is 0 Å². The monoisotopic (exact) mass is 298 g/mol. The minimum absolute atomic E-state index is 0.859. The average Bonchev–Trinajstić information content (AvgIpc) is 2.75. The second-order valence-electron chi connectivity index (χ2n) is 3.21. The molecule has 0 unspecified atom stereocenters. The molecule has 2 rings (SSSR count). The van der Waals surface area contributed by atoms with Gasteiger partial charge in [0.2, 0.25) is 0 Å². The molecule has 5 heteroatoms. The fraction of sp³-hybridized carbons (Fsp3) is 0.182. The van der Waals surface area contributed by atoms with Gasteiger partial charge in [-0.15, -0.1) is 11.3 Å². The summed E-state index contributed by atoms with van der Waals surface area (Å²) in [4.78, 5) is 6.40. The molecule has 0 aliphatic heterocycles. The molecular formula is C11H11BrN2OS. The number of hydrogen-bond donors (Lipinski definition) is 0. The number of benzene rings is 1. The minimum atomic E-state index is 0.859. The lowest BCUT2D eigenvalue weighted by Gasteiger charge is -2.15. The zero-order valence-corrected chi connectivity index (χ0v) is 11.4. The lowest BCUT2D eigenvalue weighted by Crippen LogP contribution is -2.08. The molecule has 1 aromatic heterocycles. The van der Waals surface area contributed by atoms with Crippen LogP contribution < -0.4 is 9.64 Å². The molecule has 2 aromatic rings. The van der Waals surface area contributed by atoms with Crippen molar-refractivity contribution < 1.29 is 4.74 Å². The highest BCUT2D eigenvalue weighted by atomic mass is 79.9. The van der Waals surface area contributed by atoms with Crippen molar-refractivity contribution in [1.29, 1.82) is 0 Å². The van der Waals surface area contributed by atoms with Crippen molar-refractivity contribution in [2.24, 2.45) is 0 Å². The lowest BCUT2D eigenvalue weighted by molar-refractivity contribution is 0.415. The Labute approximate surface area is 107 Å². The Bertz CT molecular complexity index is 469. The summed E-state index contributed by atoms with van der Waals surface area (Å²) in [5.74, 6) is 0.859. The van der Waals surface area contributed by atoms with E-state index in [0.29, 0.717) is 0 Å². The fourth-order valence-electron chi connectivity index (χ4n) is 1.32. The normalized spacial score (nSPS) is 10.2. The predicted octanol–water partition coefficient (Wildman–Crippen LogP) is 3.68. The maximum atomic E-state index is 5.12. The summed E-state index contributed by atoms with van der Waals surface area (Å²) in [7, 11) is 3.66. The molecule has 0 atom stereocenters. The van der Waals surface area contributed by atoms with Crippen LogP contribution in [0.5, 0.6) is 5.75 Å². The van der Waals surface area contributed by atoms with Gasteiger partial charge in [-0.05, 0) is 40.2 Å². The third-order valence-corrected chi connectivity index (χ3v) is 3.84. The van der Waals surface area contributed by atoms with Crippen LogP contribution in [0.3, 0.4) is 0 Å². The van der Waals surface area contributed by atoms with Gasteiger partial charge in [0.1, 0.15) is 10.4 Å². The SMILES string of the molecule is COc1ccc(N(C)c2nc(Br)cs2)cc1. The van der Waals surface area contributed by atoms with Gasteiger partial charge >= 0.3 is 0 Å². The third-order valence-electron chi connectivity index (χ3n) is 2.21. The summed E-state index contributed by atoms with van der Waals surface area (Å²) >= 11 is 4.95. The first kappa shape index (κ1) is 11.4. The van der Waals surface area contributed by atoms with Crippen molar-refractivity contribution in [3.05, 3.63) is 34.2 Å². The van der Waals surface area contributed by atoms with Crippen LogP contribution in [0.25, 0.3) is 0 Å². The number of aromatic nitrogens is 1. The Kier molecular flexibility index (Phi) is 3.46. The molecule has 0 amide bonds. The summed E-state index contributed by atoms with van der Waals surface area (Å²) in [5.41, 5.74) is 1.09. The lowest BCUT2D eigenvalue weighted by atomic mass is 10.3. The van der Waals surface area contributed by atoms with E-state index in [2.05, 4.69) is 20.9 Å². The second kappa shape index (κ2) is 4.84. The van der Waals surface area contributed by atoms with Gasteiger partial charge in [-0.25, -0.2) is 4.98 Å². The summed E-state index contributed by atoms with van der Waals surface area (Å²) in [6, 6.07) is 7.89. The smallest absolute Gasteiger partial charge is 0.190 e. The van der Waals surface area contributed by atoms with Crippen LogP contribution in [0, 0.1) is 0 Å². The minimum Gasteiger partial charge on any atom is -0.497 e. The molecule has 84 valence electrons. The van der Waals surface area contributed by atoms with Gasteiger partial charge in [-0.2, -0.15) is 0 Å². The number of methoxy groups -OCH3 is 1. The maximum Gasteiger partial charge on any atom is 0.190 e. The van der Waals surface area contributed by atoms with E-state index in [0.717, 1.165) is 21.2 Å². The van der Waals surface area contributed by atoms with E-state index in [1.807, 2.05) is 41.6 Å². The van der Waals surface area contributed by atoms with Crippen LogP contribution in [-0.4, -0.2) is 19.1 Å². The van der Waals surface area contributed by atoms with E-state index in [-0.39, 0.29) is 0 Å². The van der Waals surface area contributed by atoms with Gasteiger partial charge in [-0.3, -0.25) is 0 Å². The number of anilines is 2. The topological polar surface area (TPSA) is 25.4 Å². The summed E-state index contributed by atoms with van der Waals surface area (Å²) in [5, 5.41) is 2.92. The van der Waals surface area contributed by atoms with Crippen LogP contribution >= 0.6 is 27.3 Å². The fourth-order valence-corrected chi connectivity index (χ4v) is 2.55. The van der Waals surface area contributed by atoms with Crippen molar-refractivity contribution in [3.63, 3.8) is 0 Å². The Morgan fingerprint density at radius 1 is 1.31 bits per heavy atom. The Morgan fingerprint density at radius 2 is 2.00 bits per heavy atom. The van der Waals surface area contributed by atoms with E-state index in [4.69, 9.17) is 4.74 Å². The average molecular weight is 299 g/mol. The van der Waals surface area contributed by atoms with Gasteiger partial charge in [0.25, 0.3) is 0 Å². The molecule has 0 radical (unpaired) electrons. The molecule has 0 N–H and O–H groups in total. The molecule has 0 saturated heterocycles. The van der Waals surface area contributed by atoms with Crippen LogP contribution in [0.4, 0.5) is 10.8 Å². The van der Waals surface area contributed by atoms with Gasteiger partial charge in [0.15, 0.2) is 5.13 Å². The largest absolute Gasteiger partial charge is 0.497 e. The second-order valence-corrected chi connectivity index (χ2v) is 4.86. The molecule has 0 aliphatic rings. The number of halogens is 1. The third kappa shape index (κ3) is 2.36.